The zero-order valence-electron chi connectivity index (χ0n) is 20.4. The van der Waals surface area contributed by atoms with E-state index in [1.165, 1.54) is 11.3 Å². The number of ether oxygens (including phenoxy) is 1. The van der Waals surface area contributed by atoms with Crippen LogP contribution in [0.25, 0.3) is 0 Å². The first kappa shape index (κ1) is 24.1. The highest BCUT2D eigenvalue weighted by atomic mass is 16.5. The number of aryl methyl sites for hydroxylation is 1. The van der Waals surface area contributed by atoms with Crippen molar-refractivity contribution in [3.05, 3.63) is 89.5 Å². The fourth-order valence-corrected chi connectivity index (χ4v) is 4.35. The van der Waals surface area contributed by atoms with Gasteiger partial charge in [0.2, 0.25) is 0 Å². The number of benzene rings is 3. The maximum absolute atomic E-state index is 11.5. The Labute approximate surface area is 206 Å². The van der Waals surface area contributed by atoms with Crippen LogP contribution in [0.5, 0.6) is 5.75 Å². The van der Waals surface area contributed by atoms with Gasteiger partial charge in [-0.1, -0.05) is 30.3 Å². The Morgan fingerprint density at radius 3 is 2.63 bits per heavy atom. The molecule has 0 radical (unpaired) electrons. The molecule has 0 bridgehead atoms. The lowest BCUT2D eigenvalue weighted by Gasteiger charge is -2.42. The van der Waals surface area contributed by atoms with Gasteiger partial charge in [0, 0.05) is 37.1 Å². The molecule has 1 saturated heterocycles. The van der Waals surface area contributed by atoms with Gasteiger partial charge in [0.25, 0.3) is 0 Å². The van der Waals surface area contributed by atoms with Gasteiger partial charge in [-0.05, 0) is 67.4 Å². The lowest BCUT2D eigenvalue weighted by Crippen LogP contribution is -2.55. The van der Waals surface area contributed by atoms with Crippen molar-refractivity contribution >= 4 is 23.3 Å². The summed E-state index contributed by atoms with van der Waals surface area (Å²) in [6, 6.07) is 23.6. The third-order valence-corrected chi connectivity index (χ3v) is 6.17. The highest BCUT2D eigenvalue weighted by Crippen LogP contribution is 2.23. The highest BCUT2D eigenvalue weighted by molar-refractivity contribution is 5.96. The number of carboxylic acids is 1. The van der Waals surface area contributed by atoms with E-state index in [2.05, 4.69) is 53.2 Å². The van der Waals surface area contributed by atoms with Gasteiger partial charge >= 0.3 is 5.97 Å². The number of nitrogens with zero attached hydrogens (tertiary/aromatic N) is 3. The SMILES string of the molecule is COc1cccc(CN=C(Nc2cccc(C(=O)O)c2)N2CCN(c3cccc(C)c3)C(C)C2)c1. The molecule has 1 fully saturated rings. The molecular formula is C28H32N4O3. The van der Waals surface area contributed by atoms with E-state index >= 15 is 0 Å². The normalized spacial score (nSPS) is 16.2. The molecule has 1 aliphatic rings. The summed E-state index contributed by atoms with van der Waals surface area (Å²) in [5, 5.41) is 12.8. The third-order valence-electron chi connectivity index (χ3n) is 6.17. The summed E-state index contributed by atoms with van der Waals surface area (Å²) in [5.74, 6) is 0.566. The van der Waals surface area contributed by atoms with Crippen molar-refractivity contribution in [3.63, 3.8) is 0 Å². The molecule has 3 aromatic carbocycles. The van der Waals surface area contributed by atoms with Crippen LogP contribution < -0.4 is 15.0 Å². The van der Waals surface area contributed by atoms with Crippen LogP contribution in [-0.2, 0) is 6.54 Å². The fourth-order valence-electron chi connectivity index (χ4n) is 4.35. The summed E-state index contributed by atoms with van der Waals surface area (Å²) in [7, 11) is 1.65. The van der Waals surface area contributed by atoms with E-state index in [9.17, 15) is 9.90 Å². The molecule has 182 valence electrons. The number of carboxylic acid groups (broad SMARTS) is 1. The second kappa shape index (κ2) is 11.0. The molecule has 3 aromatic rings. The van der Waals surface area contributed by atoms with Crippen LogP contribution >= 0.6 is 0 Å². The molecule has 1 aliphatic heterocycles. The van der Waals surface area contributed by atoms with Crippen LogP contribution in [0.3, 0.4) is 0 Å². The minimum atomic E-state index is -0.955. The summed E-state index contributed by atoms with van der Waals surface area (Å²) >= 11 is 0. The van der Waals surface area contributed by atoms with Gasteiger partial charge in [-0.2, -0.15) is 0 Å². The standard InChI is InChI=1S/C28H32N4O3/c1-20-7-4-11-25(15-20)32-14-13-31(19-21(32)2)28(29-18-22-8-5-12-26(16-22)35-3)30-24-10-6-9-23(17-24)27(33)34/h4-12,15-17,21H,13-14,18-19H2,1-3H3,(H,29,30)(H,33,34). The average molecular weight is 473 g/mol. The predicted molar refractivity (Wildman–Crippen MR) is 141 cm³/mol. The number of hydrogen-bond acceptors (Lipinski definition) is 4. The van der Waals surface area contributed by atoms with Gasteiger partial charge in [0.15, 0.2) is 5.96 Å². The van der Waals surface area contributed by atoms with Crippen molar-refractivity contribution < 1.29 is 14.6 Å². The zero-order valence-corrected chi connectivity index (χ0v) is 20.4. The lowest BCUT2D eigenvalue weighted by atomic mass is 10.1. The van der Waals surface area contributed by atoms with Crippen LogP contribution in [0, 0.1) is 6.92 Å². The first-order chi connectivity index (χ1) is 16.9. The lowest BCUT2D eigenvalue weighted by molar-refractivity contribution is 0.0697. The van der Waals surface area contributed by atoms with E-state index in [0.29, 0.717) is 12.2 Å². The highest BCUT2D eigenvalue weighted by Gasteiger charge is 2.26. The van der Waals surface area contributed by atoms with E-state index in [1.807, 2.05) is 30.3 Å². The number of carbonyl (C=O) groups is 1. The minimum absolute atomic E-state index is 0.236. The van der Waals surface area contributed by atoms with E-state index in [-0.39, 0.29) is 11.6 Å². The molecular weight excluding hydrogens is 440 g/mol. The summed E-state index contributed by atoms with van der Waals surface area (Å²) in [6.07, 6.45) is 0. The summed E-state index contributed by atoms with van der Waals surface area (Å²) in [5.41, 5.74) is 4.45. The van der Waals surface area contributed by atoms with Gasteiger partial charge < -0.3 is 25.0 Å². The van der Waals surface area contributed by atoms with Crippen LogP contribution in [0.2, 0.25) is 0 Å². The third kappa shape index (κ3) is 6.12. The quantitative estimate of drug-likeness (QED) is 0.393. The molecule has 2 N–H and O–H groups in total. The number of guanidine groups is 1. The number of anilines is 2. The largest absolute Gasteiger partial charge is 0.497 e. The maximum atomic E-state index is 11.5. The first-order valence-corrected chi connectivity index (χ1v) is 11.8. The maximum Gasteiger partial charge on any atom is 0.335 e. The Hall–Kier alpha value is -4.00. The number of rotatable bonds is 6. The second-order valence-electron chi connectivity index (χ2n) is 8.83. The van der Waals surface area contributed by atoms with E-state index in [1.54, 1.807) is 25.3 Å². The monoisotopic (exact) mass is 472 g/mol. The van der Waals surface area contributed by atoms with Gasteiger partial charge in [0.05, 0.1) is 19.2 Å². The Morgan fingerprint density at radius 2 is 1.89 bits per heavy atom. The molecule has 0 amide bonds. The summed E-state index contributed by atoms with van der Waals surface area (Å²) in [6.45, 7) is 7.25. The van der Waals surface area contributed by atoms with Crippen LogP contribution in [0.15, 0.2) is 77.8 Å². The Morgan fingerprint density at radius 1 is 1.09 bits per heavy atom. The second-order valence-corrected chi connectivity index (χ2v) is 8.83. The van der Waals surface area contributed by atoms with Gasteiger partial charge in [-0.3, -0.25) is 0 Å². The van der Waals surface area contributed by atoms with Crippen molar-refractivity contribution in [2.45, 2.75) is 26.4 Å². The molecule has 35 heavy (non-hydrogen) atoms. The fraction of sp³-hybridized carbons (Fsp3) is 0.286. The molecule has 1 heterocycles. The Kier molecular flexibility index (Phi) is 7.55. The topological polar surface area (TPSA) is 77.4 Å². The van der Waals surface area contributed by atoms with E-state index in [4.69, 9.17) is 9.73 Å². The Balaban J connectivity index is 1.57. The molecule has 7 heteroatoms. The minimum Gasteiger partial charge on any atom is -0.497 e. The number of aliphatic imine (C=N–C) groups is 1. The molecule has 1 unspecified atom stereocenters. The smallest absolute Gasteiger partial charge is 0.335 e. The summed E-state index contributed by atoms with van der Waals surface area (Å²) in [4.78, 5) is 21.0. The van der Waals surface area contributed by atoms with Crippen molar-refractivity contribution in [2.24, 2.45) is 4.99 Å². The van der Waals surface area contributed by atoms with Crippen LogP contribution in [0.1, 0.15) is 28.4 Å². The zero-order chi connectivity index (χ0) is 24.8. The van der Waals surface area contributed by atoms with Gasteiger partial charge in [-0.15, -0.1) is 0 Å². The molecule has 0 aromatic heterocycles. The number of piperazine rings is 1. The number of methoxy groups -OCH3 is 1. The van der Waals surface area contributed by atoms with Crippen molar-refractivity contribution in [2.75, 3.05) is 37.0 Å². The molecule has 0 saturated carbocycles. The number of hydrogen-bond donors (Lipinski definition) is 2. The van der Waals surface area contributed by atoms with Crippen molar-refractivity contribution in [1.29, 1.82) is 0 Å². The predicted octanol–water partition coefficient (Wildman–Crippen LogP) is 4.88. The molecule has 7 nitrogen and oxygen atoms in total. The van der Waals surface area contributed by atoms with Gasteiger partial charge in [0.1, 0.15) is 5.75 Å². The molecule has 0 spiro atoms. The molecule has 4 rings (SSSR count). The van der Waals surface area contributed by atoms with E-state index in [0.717, 1.165) is 36.9 Å². The molecule has 0 aliphatic carbocycles. The van der Waals surface area contributed by atoms with Crippen molar-refractivity contribution in [3.8, 4) is 5.75 Å². The first-order valence-electron chi connectivity index (χ1n) is 11.8. The Bertz CT molecular complexity index is 1210. The van der Waals surface area contributed by atoms with Gasteiger partial charge in [-0.25, -0.2) is 9.79 Å². The summed E-state index contributed by atoms with van der Waals surface area (Å²) < 4.78 is 5.35. The van der Waals surface area contributed by atoms with Crippen molar-refractivity contribution in [1.82, 2.24) is 4.90 Å². The van der Waals surface area contributed by atoms with E-state index < -0.39 is 5.97 Å². The van der Waals surface area contributed by atoms with Crippen LogP contribution in [0.4, 0.5) is 11.4 Å². The number of nitrogens with one attached hydrogen (secondary N) is 1. The number of aromatic carboxylic acids is 1. The molecule has 1 atom stereocenters. The van der Waals surface area contributed by atoms with Crippen LogP contribution in [-0.4, -0.2) is 54.7 Å². The average Bonchev–Trinajstić information content (AvgIpc) is 2.86.